The number of nitrogens with one attached hydrogen (secondary N) is 1. The van der Waals surface area contributed by atoms with Gasteiger partial charge in [-0.1, -0.05) is 27.2 Å². The summed E-state index contributed by atoms with van der Waals surface area (Å²) in [6, 6.07) is 0. The second-order valence-electron chi connectivity index (χ2n) is 5.46. The van der Waals surface area contributed by atoms with E-state index < -0.39 is 0 Å². The summed E-state index contributed by atoms with van der Waals surface area (Å²) in [7, 11) is 1.71. The van der Waals surface area contributed by atoms with E-state index in [1.807, 2.05) is 0 Å². The van der Waals surface area contributed by atoms with Crippen LogP contribution in [0.15, 0.2) is 0 Å². The van der Waals surface area contributed by atoms with Crippen LogP contribution < -0.4 is 5.32 Å². The lowest BCUT2D eigenvalue weighted by atomic mass is 9.92. The van der Waals surface area contributed by atoms with Gasteiger partial charge in [0.1, 0.15) is 0 Å². The standard InChI is InChI=1S/C13H27NO2/c1-13(2,3)9-10-14-12(15)8-6-5-7-11-16-4/h5-11H2,1-4H3,(H,14,15). The normalized spacial score (nSPS) is 11.5. The summed E-state index contributed by atoms with van der Waals surface area (Å²) in [5.74, 6) is 0.182. The van der Waals surface area contributed by atoms with Crippen LogP contribution in [0, 0.1) is 5.41 Å². The lowest BCUT2D eigenvalue weighted by Gasteiger charge is -2.17. The molecule has 0 rings (SSSR count). The average Bonchev–Trinajstić information content (AvgIpc) is 2.15. The number of carbonyl (C=O) groups is 1. The third-order valence-electron chi connectivity index (χ3n) is 2.45. The Morgan fingerprint density at radius 3 is 2.44 bits per heavy atom. The highest BCUT2D eigenvalue weighted by Crippen LogP contribution is 2.16. The van der Waals surface area contributed by atoms with Gasteiger partial charge >= 0.3 is 0 Å². The lowest BCUT2D eigenvalue weighted by molar-refractivity contribution is -0.121. The van der Waals surface area contributed by atoms with Crippen LogP contribution >= 0.6 is 0 Å². The second-order valence-corrected chi connectivity index (χ2v) is 5.46. The van der Waals surface area contributed by atoms with E-state index in [1.54, 1.807) is 7.11 Å². The molecule has 1 amide bonds. The van der Waals surface area contributed by atoms with Crippen LogP contribution in [0.3, 0.4) is 0 Å². The van der Waals surface area contributed by atoms with Crippen molar-refractivity contribution in [3.05, 3.63) is 0 Å². The Morgan fingerprint density at radius 1 is 1.19 bits per heavy atom. The topological polar surface area (TPSA) is 38.3 Å². The van der Waals surface area contributed by atoms with Gasteiger partial charge in [0.15, 0.2) is 0 Å². The van der Waals surface area contributed by atoms with E-state index in [9.17, 15) is 4.79 Å². The van der Waals surface area contributed by atoms with Gasteiger partial charge in [-0.05, 0) is 24.7 Å². The first kappa shape index (κ1) is 15.4. The molecule has 3 heteroatoms. The van der Waals surface area contributed by atoms with Crippen LogP contribution in [0.4, 0.5) is 0 Å². The molecule has 0 aliphatic rings. The molecule has 96 valence electrons. The van der Waals surface area contributed by atoms with E-state index in [-0.39, 0.29) is 5.91 Å². The summed E-state index contributed by atoms with van der Waals surface area (Å²) in [5.41, 5.74) is 0.297. The van der Waals surface area contributed by atoms with Crippen LogP contribution in [0.2, 0.25) is 0 Å². The maximum Gasteiger partial charge on any atom is 0.219 e. The zero-order chi connectivity index (χ0) is 12.4. The molecule has 0 heterocycles. The first-order valence-electron chi connectivity index (χ1n) is 6.21. The van der Waals surface area contributed by atoms with E-state index in [0.717, 1.165) is 38.8 Å². The van der Waals surface area contributed by atoms with Gasteiger partial charge < -0.3 is 10.1 Å². The Morgan fingerprint density at radius 2 is 1.88 bits per heavy atom. The average molecular weight is 229 g/mol. The summed E-state index contributed by atoms with van der Waals surface area (Å²) in [6.45, 7) is 8.14. The van der Waals surface area contributed by atoms with Crippen molar-refractivity contribution in [2.24, 2.45) is 5.41 Å². The van der Waals surface area contributed by atoms with Gasteiger partial charge in [0, 0.05) is 26.7 Å². The SMILES string of the molecule is COCCCCCC(=O)NCCC(C)(C)C. The fourth-order valence-corrected chi connectivity index (χ4v) is 1.37. The highest BCUT2D eigenvalue weighted by atomic mass is 16.5. The third kappa shape index (κ3) is 11.5. The van der Waals surface area contributed by atoms with E-state index >= 15 is 0 Å². The number of carbonyl (C=O) groups excluding carboxylic acids is 1. The minimum atomic E-state index is 0.182. The largest absolute Gasteiger partial charge is 0.385 e. The van der Waals surface area contributed by atoms with Gasteiger partial charge in [-0.2, -0.15) is 0 Å². The zero-order valence-corrected chi connectivity index (χ0v) is 11.3. The van der Waals surface area contributed by atoms with Crippen molar-refractivity contribution in [3.8, 4) is 0 Å². The Bertz CT molecular complexity index is 185. The third-order valence-corrected chi connectivity index (χ3v) is 2.45. The fourth-order valence-electron chi connectivity index (χ4n) is 1.37. The Hall–Kier alpha value is -0.570. The molecule has 0 aliphatic heterocycles. The van der Waals surface area contributed by atoms with Crippen molar-refractivity contribution >= 4 is 5.91 Å². The summed E-state index contributed by atoms with van der Waals surface area (Å²) < 4.78 is 4.95. The van der Waals surface area contributed by atoms with Crippen LogP contribution in [-0.4, -0.2) is 26.2 Å². The van der Waals surface area contributed by atoms with E-state index in [4.69, 9.17) is 4.74 Å². The molecule has 16 heavy (non-hydrogen) atoms. The van der Waals surface area contributed by atoms with Gasteiger partial charge in [0.05, 0.1) is 0 Å². The fraction of sp³-hybridized carbons (Fsp3) is 0.923. The van der Waals surface area contributed by atoms with Crippen LogP contribution in [0.1, 0.15) is 52.9 Å². The van der Waals surface area contributed by atoms with Gasteiger partial charge in [-0.3, -0.25) is 4.79 Å². The number of amides is 1. The van der Waals surface area contributed by atoms with Gasteiger partial charge in [0.2, 0.25) is 5.91 Å². The maximum atomic E-state index is 11.4. The van der Waals surface area contributed by atoms with E-state index in [1.165, 1.54) is 0 Å². The molecule has 0 saturated carbocycles. The molecule has 0 bridgehead atoms. The molecule has 0 aromatic heterocycles. The molecular weight excluding hydrogens is 202 g/mol. The highest BCUT2D eigenvalue weighted by molar-refractivity contribution is 5.75. The van der Waals surface area contributed by atoms with E-state index in [2.05, 4.69) is 26.1 Å². The lowest BCUT2D eigenvalue weighted by Crippen LogP contribution is -2.26. The monoisotopic (exact) mass is 229 g/mol. The molecule has 0 fully saturated rings. The van der Waals surface area contributed by atoms with E-state index in [0.29, 0.717) is 11.8 Å². The zero-order valence-electron chi connectivity index (χ0n) is 11.3. The van der Waals surface area contributed by atoms with Gasteiger partial charge in [-0.15, -0.1) is 0 Å². The Labute approximate surface area is 99.9 Å². The molecule has 3 nitrogen and oxygen atoms in total. The maximum absolute atomic E-state index is 11.4. The molecular formula is C13H27NO2. The molecule has 0 aromatic carbocycles. The molecule has 0 aromatic rings. The minimum Gasteiger partial charge on any atom is -0.385 e. The van der Waals surface area contributed by atoms with Crippen LogP contribution in [-0.2, 0) is 9.53 Å². The van der Waals surface area contributed by atoms with Crippen molar-refractivity contribution in [3.63, 3.8) is 0 Å². The summed E-state index contributed by atoms with van der Waals surface area (Å²) in [6.07, 6.45) is 4.76. The highest BCUT2D eigenvalue weighted by Gasteiger charge is 2.10. The van der Waals surface area contributed by atoms with Crippen molar-refractivity contribution in [1.82, 2.24) is 5.32 Å². The number of unbranched alkanes of at least 4 members (excludes halogenated alkanes) is 2. The summed E-state index contributed by atoms with van der Waals surface area (Å²) in [4.78, 5) is 11.4. The second kappa shape index (κ2) is 8.57. The number of hydrogen-bond donors (Lipinski definition) is 1. The predicted molar refractivity (Wildman–Crippen MR) is 67.4 cm³/mol. The molecule has 0 atom stereocenters. The quantitative estimate of drug-likeness (QED) is 0.650. The first-order valence-corrected chi connectivity index (χ1v) is 6.21. The van der Waals surface area contributed by atoms with Crippen molar-refractivity contribution in [2.75, 3.05) is 20.3 Å². The molecule has 1 N–H and O–H groups in total. The first-order chi connectivity index (χ1) is 7.45. The van der Waals surface area contributed by atoms with Crippen molar-refractivity contribution in [1.29, 1.82) is 0 Å². The van der Waals surface area contributed by atoms with Crippen molar-refractivity contribution < 1.29 is 9.53 Å². The molecule has 0 unspecified atom stereocenters. The molecule has 0 saturated heterocycles. The molecule has 0 spiro atoms. The number of ether oxygens (including phenoxy) is 1. The summed E-state index contributed by atoms with van der Waals surface area (Å²) >= 11 is 0. The number of methoxy groups -OCH3 is 1. The van der Waals surface area contributed by atoms with Crippen LogP contribution in [0.5, 0.6) is 0 Å². The van der Waals surface area contributed by atoms with Gasteiger partial charge in [0.25, 0.3) is 0 Å². The number of rotatable bonds is 8. The minimum absolute atomic E-state index is 0.182. The summed E-state index contributed by atoms with van der Waals surface area (Å²) in [5, 5.41) is 2.96. The predicted octanol–water partition coefficient (Wildman–Crippen LogP) is 2.75. The molecule has 0 radical (unpaired) electrons. The Kier molecular flexibility index (Phi) is 8.26. The van der Waals surface area contributed by atoms with Crippen LogP contribution in [0.25, 0.3) is 0 Å². The smallest absolute Gasteiger partial charge is 0.219 e. The van der Waals surface area contributed by atoms with Crippen molar-refractivity contribution in [2.45, 2.75) is 52.9 Å². The Balaban J connectivity index is 3.32. The molecule has 0 aliphatic carbocycles. The number of hydrogen-bond acceptors (Lipinski definition) is 2. The van der Waals surface area contributed by atoms with Gasteiger partial charge in [-0.25, -0.2) is 0 Å².